The molecule has 0 unspecified atom stereocenters. The maximum absolute atomic E-state index is 12.0. The van der Waals surface area contributed by atoms with Crippen LogP contribution in [0, 0.1) is 18.3 Å². The van der Waals surface area contributed by atoms with E-state index in [1.165, 1.54) is 37.7 Å². The van der Waals surface area contributed by atoms with E-state index in [0.717, 1.165) is 39.6 Å². The molecule has 1 saturated carbocycles. The molecule has 2 N–H and O–H groups in total. The van der Waals surface area contributed by atoms with Gasteiger partial charge in [-0.1, -0.05) is 55.7 Å². The molecule has 0 spiro atoms. The zero-order valence-corrected chi connectivity index (χ0v) is 21.0. The number of nitrogens with zero attached hydrogens (tertiary/aromatic N) is 3. The summed E-state index contributed by atoms with van der Waals surface area (Å²) < 4.78 is 1.87. The number of rotatable bonds is 5. The van der Waals surface area contributed by atoms with E-state index in [9.17, 15) is 4.79 Å². The van der Waals surface area contributed by atoms with Gasteiger partial charge in [0.05, 0.1) is 30.2 Å². The van der Waals surface area contributed by atoms with Gasteiger partial charge in [-0.05, 0) is 67.5 Å². The lowest BCUT2D eigenvalue weighted by molar-refractivity contribution is 0.251. The molecule has 4 rings (SSSR count). The molecule has 1 aromatic heterocycles. The van der Waals surface area contributed by atoms with E-state index in [0.29, 0.717) is 6.54 Å². The Morgan fingerprint density at radius 3 is 2.49 bits per heavy atom. The van der Waals surface area contributed by atoms with Crippen LogP contribution in [0.2, 0.25) is 0 Å². The van der Waals surface area contributed by atoms with Crippen molar-refractivity contribution in [1.82, 2.24) is 14.9 Å². The van der Waals surface area contributed by atoms with Crippen molar-refractivity contribution in [2.75, 3.05) is 5.32 Å². The van der Waals surface area contributed by atoms with Crippen molar-refractivity contribution < 1.29 is 4.79 Å². The number of anilines is 1. The molecule has 3 aromatic rings. The Balaban J connectivity index is 0.000000211. The highest BCUT2D eigenvalue weighted by molar-refractivity contribution is 5.90. The van der Waals surface area contributed by atoms with Gasteiger partial charge in [0, 0.05) is 18.9 Å². The highest BCUT2D eigenvalue weighted by Gasteiger charge is 2.14. The van der Waals surface area contributed by atoms with Crippen LogP contribution in [0.4, 0.5) is 10.5 Å². The Morgan fingerprint density at radius 2 is 1.89 bits per heavy atom. The number of amides is 2. The summed E-state index contributed by atoms with van der Waals surface area (Å²) in [6.45, 7) is 8.25. The Bertz CT molecular complexity index is 1180. The van der Waals surface area contributed by atoms with Crippen LogP contribution in [0.1, 0.15) is 72.9 Å². The highest BCUT2D eigenvalue weighted by Crippen LogP contribution is 2.32. The van der Waals surface area contributed by atoms with E-state index in [1.807, 2.05) is 55.8 Å². The van der Waals surface area contributed by atoms with Crippen LogP contribution in [0.25, 0.3) is 5.57 Å². The first kappa shape index (κ1) is 25.8. The molecule has 6 heteroatoms. The lowest BCUT2D eigenvalue weighted by atomic mass is 9.84. The molecular formula is C29H35N5O. The molecule has 35 heavy (non-hydrogen) atoms. The molecule has 6 nitrogen and oxygen atoms in total. The quantitative estimate of drug-likeness (QED) is 0.437. The van der Waals surface area contributed by atoms with Crippen LogP contribution in [0.15, 0.2) is 61.6 Å². The van der Waals surface area contributed by atoms with E-state index >= 15 is 0 Å². The molecular weight excluding hydrogens is 434 g/mol. The number of aromatic nitrogens is 2. The van der Waals surface area contributed by atoms with E-state index in [2.05, 4.69) is 40.4 Å². The summed E-state index contributed by atoms with van der Waals surface area (Å²) >= 11 is 0. The Hall–Kier alpha value is -3.85. The second-order valence-corrected chi connectivity index (χ2v) is 9.18. The number of nitrogens with one attached hydrogen (secondary N) is 2. The molecule has 0 atom stereocenters. The smallest absolute Gasteiger partial charge is 0.319 e. The number of allylic oxidation sites excluding steroid dienone is 1. The number of urea groups is 1. The Kier molecular flexibility index (Phi) is 9.25. The van der Waals surface area contributed by atoms with Crippen LogP contribution in [0.5, 0.6) is 0 Å². The third-order valence-corrected chi connectivity index (χ3v) is 6.44. The summed E-state index contributed by atoms with van der Waals surface area (Å²) in [5, 5.41) is 14.4. The minimum absolute atomic E-state index is 0.238. The summed E-state index contributed by atoms with van der Waals surface area (Å²) in [5.41, 5.74) is 6.91. The fourth-order valence-electron chi connectivity index (χ4n) is 4.18. The standard InChI is InChI=1S/C16H20N4O.C13H15N/c1-11(2)13-6-5-12(3)15(7-13)19-16(21)18-9-14-8-17-10-20(14)4;14-10-11-6-8-13(9-7-11)12-4-2-1-3-5-12/h5-8,10H,1,9H2,2-4H3,(H2,18,19,21);6-9,12H,1-5H2. The van der Waals surface area contributed by atoms with Crippen molar-refractivity contribution in [3.8, 4) is 6.07 Å². The lowest BCUT2D eigenvalue weighted by Gasteiger charge is -2.21. The summed E-state index contributed by atoms with van der Waals surface area (Å²) in [6.07, 6.45) is 10.2. The van der Waals surface area contributed by atoms with E-state index < -0.39 is 0 Å². The largest absolute Gasteiger partial charge is 0.336 e. The molecule has 1 aliphatic rings. The zero-order chi connectivity index (χ0) is 25.2. The van der Waals surface area contributed by atoms with Gasteiger partial charge in [-0.15, -0.1) is 0 Å². The first-order valence-corrected chi connectivity index (χ1v) is 12.1. The second-order valence-electron chi connectivity index (χ2n) is 9.18. The van der Waals surface area contributed by atoms with Gasteiger partial charge in [-0.25, -0.2) is 9.78 Å². The molecule has 0 radical (unpaired) electrons. The molecule has 2 amide bonds. The predicted molar refractivity (Wildman–Crippen MR) is 142 cm³/mol. The van der Waals surface area contributed by atoms with E-state index in [4.69, 9.17) is 5.26 Å². The fourth-order valence-corrected chi connectivity index (χ4v) is 4.18. The van der Waals surface area contributed by atoms with Crippen molar-refractivity contribution >= 4 is 17.3 Å². The molecule has 1 fully saturated rings. The second kappa shape index (κ2) is 12.6. The number of hydrogen-bond donors (Lipinski definition) is 2. The first-order valence-electron chi connectivity index (χ1n) is 12.1. The Morgan fingerprint density at radius 1 is 1.17 bits per heavy atom. The number of carbonyl (C=O) groups excluding carboxylic acids is 1. The SMILES string of the molecule is C=C(C)c1ccc(C)c(NC(=O)NCc2cncn2C)c1.N#Cc1ccc(C2CCCCC2)cc1. The van der Waals surface area contributed by atoms with Crippen molar-refractivity contribution in [1.29, 1.82) is 5.26 Å². The van der Waals surface area contributed by atoms with Crippen LogP contribution in [0.3, 0.4) is 0 Å². The number of aryl methyl sites for hydroxylation is 2. The molecule has 1 aliphatic carbocycles. The van der Waals surface area contributed by atoms with Gasteiger partial charge in [0.15, 0.2) is 0 Å². The maximum atomic E-state index is 12.0. The van der Waals surface area contributed by atoms with Crippen LogP contribution < -0.4 is 10.6 Å². The summed E-state index contributed by atoms with van der Waals surface area (Å²) in [5.74, 6) is 0.747. The van der Waals surface area contributed by atoms with Gasteiger partial charge >= 0.3 is 6.03 Å². The van der Waals surface area contributed by atoms with Gasteiger partial charge in [0.25, 0.3) is 0 Å². The molecule has 1 heterocycles. The maximum Gasteiger partial charge on any atom is 0.319 e. The van der Waals surface area contributed by atoms with Crippen molar-refractivity contribution in [2.24, 2.45) is 7.05 Å². The normalized spacial score (nSPS) is 13.2. The average molecular weight is 470 g/mol. The number of benzene rings is 2. The number of nitriles is 1. The van der Waals surface area contributed by atoms with Gasteiger partial charge in [-0.3, -0.25) is 0 Å². The zero-order valence-electron chi connectivity index (χ0n) is 21.0. The van der Waals surface area contributed by atoms with Crippen LogP contribution in [-0.2, 0) is 13.6 Å². The summed E-state index contributed by atoms with van der Waals surface area (Å²) in [7, 11) is 1.89. The van der Waals surface area contributed by atoms with Gasteiger partial charge in [0.2, 0.25) is 0 Å². The third kappa shape index (κ3) is 7.58. The molecule has 182 valence electrons. The van der Waals surface area contributed by atoms with Crippen molar-refractivity contribution in [3.05, 3.63) is 89.5 Å². The number of hydrogen-bond acceptors (Lipinski definition) is 3. The molecule has 0 bridgehead atoms. The number of imidazole rings is 1. The van der Waals surface area contributed by atoms with Gasteiger partial charge in [-0.2, -0.15) is 5.26 Å². The molecule has 2 aromatic carbocycles. The first-order chi connectivity index (χ1) is 16.9. The van der Waals surface area contributed by atoms with Crippen LogP contribution in [-0.4, -0.2) is 15.6 Å². The molecule has 0 aliphatic heterocycles. The van der Waals surface area contributed by atoms with E-state index in [1.54, 1.807) is 12.5 Å². The monoisotopic (exact) mass is 469 g/mol. The Labute approximate surface area is 208 Å². The topological polar surface area (TPSA) is 82.7 Å². The summed E-state index contributed by atoms with van der Waals surface area (Å²) in [6, 6.07) is 15.9. The lowest BCUT2D eigenvalue weighted by Crippen LogP contribution is -2.29. The fraction of sp³-hybridized carbons (Fsp3) is 0.345. The van der Waals surface area contributed by atoms with Crippen LogP contribution >= 0.6 is 0 Å². The third-order valence-electron chi connectivity index (χ3n) is 6.44. The van der Waals surface area contributed by atoms with Crippen molar-refractivity contribution in [2.45, 2.75) is 58.4 Å². The summed E-state index contributed by atoms with van der Waals surface area (Å²) in [4.78, 5) is 16.0. The van der Waals surface area contributed by atoms with Gasteiger partial charge in [0.1, 0.15) is 0 Å². The van der Waals surface area contributed by atoms with E-state index in [-0.39, 0.29) is 6.03 Å². The average Bonchev–Trinajstić information content (AvgIpc) is 3.29. The van der Waals surface area contributed by atoms with Gasteiger partial charge < -0.3 is 15.2 Å². The predicted octanol–water partition coefficient (Wildman–Crippen LogP) is 6.69. The molecule has 0 saturated heterocycles. The van der Waals surface area contributed by atoms with Crippen molar-refractivity contribution in [3.63, 3.8) is 0 Å². The highest BCUT2D eigenvalue weighted by atomic mass is 16.2. The minimum atomic E-state index is -0.238. The minimum Gasteiger partial charge on any atom is -0.336 e. The number of carbonyl (C=O) groups is 1.